The summed E-state index contributed by atoms with van der Waals surface area (Å²) in [5.41, 5.74) is -2.89. The Morgan fingerprint density at radius 2 is 1.53 bits per heavy atom. The van der Waals surface area contributed by atoms with Crippen molar-refractivity contribution in [2.75, 3.05) is 0 Å². The molecule has 8 heteroatoms. The van der Waals surface area contributed by atoms with Gasteiger partial charge >= 0.3 is 12.1 Å². The average Bonchev–Trinajstić information content (AvgIpc) is 2.70. The number of carboxylic acid groups (broad SMARTS) is 1. The number of ether oxygens (including phenoxy) is 1. The van der Waals surface area contributed by atoms with Crippen molar-refractivity contribution in [2.24, 2.45) is 0 Å². The zero-order valence-electron chi connectivity index (χ0n) is 15.3. The van der Waals surface area contributed by atoms with Gasteiger partial charge in [-0.05, 0) is 41.5 Å². The molecule has 0 radical (unpaired) electrons. The lowest BCUT2D eigenvalue weighted by Crippen LogP contribution is -2.40. The Morgan fingerprint density at radius 3 is 2.10 bits per heavy atom. The van der Waals surface area contributed by atoms with Gasteiger partial charge < -0.3 is 9.84 Å². The number of hydrogen-bond donors (Lipinski definition) is 1. The van der Waals surface area contributed by atoms with Gasteiger partial charge in [0, 0.05) is 15.6 Å². The second kappa shape index (κ2) is 8.68. The van der Waals surface area contributed by atoms with Crippen LogP contribution in [0.2, 0.25) is 10.0 Å². The van der Waals surface area contributed by atoms with Gasteiger partial charge in [-0.1, -0.05) is 65.7 Å². The molecule has 0 aromatic heterocycles. The minimum absolute atomic E-state index is 0.132. The zero-order chi connectivity index (χ0) is 21.9. The first-order valence-electron chi connectivity index (χ1n) is 8.69. The number of halogens is 5. The Balaban J connectivity index is 2.19. The van der Waals surface area contributed by atoms with E-state index in [4.69, 9.17) is 27.9 Å². The van der Waals surface area contributed by atoms with Crippen LogP contribution in [0.1, 0.15) is 22.3 Å². The van der Waals surface area contributed by atoms with Crippen molar-refractivity contribution in [3.8, 4) is 0 Å². The normalized spacial score (nSPS) is 13.6. The van der Waals surface area contributed by atoms with Crippen molar-refractivity contribution in [2.45, 2.75) is 18.4 Å². The maximum Gasteiger partial charge on any atom is 0.416 e. The molecule has 1 atom stereocenters. The summed E-state index contributed by atoms with van der Waals surface area (Å²) in [6, 6.07) is 16.7. The highest BCUT2D eigenvalue weighted by Crippen LogP contribution is 2.42. The number of benzene rings is 3. The van der Waals surface area contributed by atoms with E-state index in [-0.39, 0.29) is 22.8 Å². The van der Waals surface area contributed by atoms with Gasteiger partial charge in [-0.2, -0.15) is 13.2 Å². The van der Waals surface area contributed by atoms with Crippen molar-refractivity contribution in [3.05, 3.63) is 105 Å². The number of alkyl halides is 3. The van der Waals surface area contributed by atoms with Crippen molar-refractivity contribution in [3.63, 3.8) is 0 Å². The minimum Gasteiger partial charge on any atom is -0.479 e. The van der Waals surface area contributed by atoms with Crippen LogP contribution in [0.5, 0.6) is 0 Å². The minimum atomic E-state index is -4.68. The van der Waals surface area contributed by atoms with Crippen molar-refractivity contribution >= 4 is 29.2 Å². The van der Waals surface area contributed by atoms with E-state index in [1.54, 1.807) is 42.5 Å². The van der Waals surface area contributed by atoms with Crippen molar-refractivity contribution < 1.29 is 27.8 Å². The predicted octanol–water partition coefficient (Wildman–Crippen LogP) is 6.56. The number of carboxylic acids is 1. The molecule has 0 saturated heterocycles. The van der Waals surface area contributed by atoms with Crippen molar-refractivity contribution in [1.82, 2.24) is 0 Å². The highest BCUT2D eigenvalue weighted by Gasteiger charge is 2.46. The zero-order valence-corrected chi connectivity index (χ0v) is 16.8. The van der Waals surface area contributed by atoms with Crippen LogP contribution in [-0.4, -0.2) is 11.1 Å². The fourth-order valence-electron chi connectivity index (χ4n) is 3.03. The van der Waals surface area contributed by atoms with Crippen LogP contribution >= 0.6 is 23.2 Å². The number of aliphatic carboxylic acids is 1. The fraction of sp³-hybridized carbons (Fsp3) is 0.136. The van der Waals surface area contributed by atoms with E-state index in [2.05, 4.69) is 0 Å². The van der Waals surface area contributed by atoms with Gasteiger partial charge in [0.05, 0.1) is 12.2 Å². The van der Waals surface area contributed by atoms with Gasteiger partial charge in [-0.3, -0.25) is 0 Å². The van der Waals surface area contributed by atoms with Crippen LogP contribution in [0, 0.1) is 0 Å². The van der Waals surface area contributed by atoms with Crippen LogP contribution in [0.15, 0.2) is 72.8 Å². The smallest absolute Gasteiger partial charge is 0.416 e. The lowest BCUT2D eigenvalue weighted by Gasteiger charge is -2.32. The highest BCUT2D eigenvalue weighted by atomic mass is 35.5. The quantitative estimate of drug-likeness (QED) is 0.458. The van der Waals surface area contributed by atoms with Gasteiger partial charge in [-0.25, -0.2) is 4.79 Å². The molecule has 0 bridgehead atoms. The summed E-state index contributed by atoms with van der Waals surface area (Å²) in [6.45, 7) is -0.203. The van der Waals surface area contributed by atoms with E-state index in [0.29, 0.717) is 16.7 Å². The van der Waals surface area contributed by atoms with Crippen LogP contribution in [0.25, 0.3) is 0 Å². The molecule has 0 aliphatic rings. The summed E-state index contributed by atoms with van der Waals surface area (Å²) in [4.78, 5) is 12.5. The van der Waals surface area contributed by atoms with Crippen LogP contribution in [-0.2, 0) is 27.9 Å². The molecule has 156 valence electrons. The van der Waals surface area contributed by atoms with Gasteiger partial charge in [0.25, 0.3) is 0 Å². The summed E-state index contributed by atoms with van der Waals surface area (Å²) in [5, 5.41) is 10.5. The summed E-state index contributed by atoms with van der Waals surface area (Å²) in [7, 11) is 0. The van der Waals surface area contributed by atoms with Gasteiger partial charge in [0.15, 0.2) is 0 Å². The molecule has 1 unspecified atom stereocenters. The lowest BCUT2D eigenvalue weighted by atomic mass is 9.85. The Kier molecular flexibility index (Phi) is 6.41. The number of hydrogen-bond acceptors (Lipinski definition) is 2. The first kappa shape index (κ1) is 22.2. The third-order valence-corrected chi connectivity index (χ3v) is 5.10. The van der Waals surface area contributed by atoms with Crippen molar-refractivity contribution in [1.29, 1.82) is 0 Å². The topological polar surface area (TPSA) is 46.5 Å². The van der Waals surface area contributed by atoms with E-state index < -0.39 is 23.3 Å². The molecular formula is C22H15Cl2F3O3. The molecule has 0 fully saturated rings. The number of carbonyl (C=O) groups is 1. The molecule has 3 nitrogen and oxygen atoms in total. The molecule has 3 rings (SSSR count). The lowest BCUT2D eigenvalue weighted by molar-refractivity contribution is -0.163. The van der Waals surface area contributed by atoms with Crippen LogP contribution < -0.4 is 0 Å². The summed E-state index contributed by atoms with van der Waals surface area (Å²) < 4.78 is 45.9. The van der Waals surface area contributed by atoms with Gasteiger partial charge in [0.2, 0.25) is 5.60 Å². The Hall–Kier alpha value is -2.54. The Morgan fingerprint density at radius 1 is 0.900 bits per heavy atom. The van der Waals surface area contributed by atoms with E-state index in [9.17, 15) is 23.1 Å². The molecule has 0 saturated carbocycles. The Labute approximate surface area is 180 Å². The van der Waals surface area contributed by atoms with E-state index in [0.717, 1.165) is 12.1 Å². The van der Waals surface area contributed by atoms with Gasteiger partial charge in [-0.15, -0.1) is 0 Å². The molecule has 0 spiro atoms. The molecule has 0 amide bonds. The molecule has 3 aromatic rings. The molecule has 0 aliphatic heterocycles. The molecule has 3 aromatic carbocycles. The summed E-state index contributed by atoms with van der Waals surface area (Å²) >= 11 is 12.1. The van der Waals surface area contributed by atoms with E-state index in [1.165, 1.54) is 12.1 Å². The summed E-state index contributed by atoms with van der Waals surface area (Å²) in [6.07, 6.45) is -4.68. The first-order valence-corrected chi connectivity index (χ1v) is 9.45. The predicted molar refractivity (Wildman–Crippen MR) is 108 cm³/mol. The second-order valence-corrected chi connectivity index (χ2v) is 7.30. The molecule has 0 aliphatic carbocycles. The largest absolute Gasteiger partial charge is 0.479 e. The monoisotopic (exact) mass is 454 g/mol. The Bertz CT molecular complexity index is 1040. The highest BCUT2D eigenvalue weighted by molar-refractivity contribution is 6.32. The molecule has 0 heterocycles. The maximum atomic E-state index is 13.3. The third-order valence-electron chi connectivity index (χ3n) is 4.52. The fourth-order valence-corrected chi connectivity index (χ4v) is 3.41. The standard InChI is InChI=1S/C22H15Cl2F3O3/c23-17-9-6-14(7-10-17)13-30-21(20(28)29,15-4-2-1-3-5-15)18-12-16(22(25,26)27)8-11-19(18)24/h1-12H,13H2,(H,28,29). The SMILES string of the molecule is O=C(O)C(OCc1ccc(Cl)cc1)(c1ccccc1)c1cc(C(F)(F)F)ccc1Cl. The van der Waals surface area contributed by atoms with Gasteiger partial charge in [0.1, 0.15) is 0 Å². The van der Waals surface area contributed by atoms with E-state index in [1.807, 2.05) is 0 Å². The molecule has 1 N–H and O–H groups in total. The first-order chi connectivity index (χ1) is 14.1. The maximum absolute atomic E-state index is 13.3. The third kappa shape index (κ3) is 4.46. The van der Waals surface area contributed by atoms with E-state index >= 15 is 0 Å². The number of rotatable bonds is 6. The van der Waals surface area contributed by atoms with Crippen LogP contribution in [0.4, 0.5) is 13.2 Å². The molecular weight excluding hydrogens is 440 g/mol. The molecule has 30 heavy (non-hydrogen) atoms. The van der Waals surface area contributed by atoms with Crippen LogP contribution in [0.3, 0.4) is 0 Å². The average molecular weight is 455 g/mol. The summed E-state index contributed by atoms with van der Waals surface area (Å²) in [5.74, 6) is -1.50. The second-order valence-electron chi connectivity index (χ2n) is 6.46.